The van der Waals surface area contributed by atoms with Crippen molar-refractivity contribution in [1.29, 1.82) is 0 Å². The van der Waals surface area contributed by atoms with E-state index in [-0.39, 0.29) is 36.5 Å². The SMILES string of the molecule is CCOC(=O)Cc1nnc(SCC(=O)N(CC)c2ccc(F)cc2)n1Cc1ccccc1. The van der Waals surface area contributed by atoms with Gasteiger partial charge in [-0.2, -0.15) is 0 Å². The van der Waals surface area contributed by atoms with Gasteiger partial charge in [0.1, 0.15) is 18.1 Å². The van der Waals surface area contributed by atoms with Crippen molar-refractivity contribution in [3.63, 3.8) is 0 Å². The molecule has 0 unspecified atom stereocenters. The van der Waals surface area contributed by atoms with E-state index in [0.29, 0.717) is 29.8 Å². The van der Waals surface area contributed by atoms with Crippen LogP contribution in [-0.4, -0.2) is 45.5 Å². The maximum absolute atomic E-state index is 13.2. The fraction of sp³-hybridized carbons (Fsp3) is 0.304. The van der Waals surface area contributed by atoms with E-state index >= 15 is 0 Å². The Morgan fingerprint density at radius 2 is 1.78 bits per heavy atom. The van der Waals surface area contributed by atoms with Gasteiger partial charge in [0, 0.05) is 12.2 Å². The first-order chi connectivity index (χ1) is 15.5. The standard InChI is InChI=1S/C23H25FN4O3S/c1-3-27(19-12-10-18(24)11-13-19)21(29)16-32-23-26-25-20(14-22(30)31-4-2)28(23)15-17-8-6-5-7-9-17/h5-13H,3-4,14-16H2,1-2H3. The summed E-state index contributed by atoms with van der Waals surface area (Å²) in [5.41, 5.74) is 1.65. The van der Waals surface area contributed by atoms with Crippen molar-refractivity contribution in [3.05, 3.63) is 71.8 Å². The quantitative estimate of drug-likeness (QED) is 0.342. The summed E-state index contributed by atoms with van der Waals surface area (Å²) in [6.07, 6.45) is -0.00115. The molecule has 0 saturated carbocycles. The summed E-state index contributed by atoms with van der Waals surface area (Å²) < 4.78 is 20.1. The summed E-state index contributed by atoms with van der Waals surface area (Å²) in [6, 6.07) is 15.6. The van der Waals surface area contributed by atoms with Crippen molar-refractivity contribution in [3.8, 4) is 0 Å². The van der Waals surface area contributed by atoms with E-state index in [4.69, 9.17) is 4.74 Å². The molecular weight excluding hydrogens is 431 g/mol. The van der Waals surface area contributed by atoms with Gasteiger partial charge in [-0.3, -0.25) is 9.59 Å². The Labute approximate surface area is 190 Å². The van der Waals surface area contributed by atoms with Gasteiger partial charge in [0.2, 0.25) is 5.91 Å². The molecule has 32 heavy (non-hydrogen) atoms. The summed E-state index contributed by atoms with van der Waals surface area (Å²) >= 11 is 1.25. The molecule has 168 valence electrons. The first-order valence-corrected chi connectivity index (χ1v) is 11.3. The number of rotatable bonds is 10. The molecule has 0 aliphatic carbocycles. The Morgan fingerprint density at radius 3 is 2.44 bits per heavy atom. The lowest BCUT2D eigenvalue weighted by Crippen LogP contribution is -2.32. The number of esters is 1. The highest BCUT2D eigenvalue weighted by molar-refractivity contribution is 7.99. The number of ether oxygens (including phenoxy) is 1. The number of aromatic nitrogens is 3. The van der Waals surface area contributed by atoms with Crippen LogP contribution in [-0.2, 0) is 27.3 Å². The third kappa shape index (κ3) is 6.16. The molecule has 0 spiro atoms. The van der Waals surface area contributed by atoms with Crippen LogP contribution in [0, 0.1) is 5.82 Å². The topological polar surface area (TPSA) is 77.3 Å². The lowest BCUT2D eigenvalue weighted by atomic mass is 10.2. The van der Waals surface area contributed by atoms with Crippen LogP contribution in [0.25, 0.3) is 0 Å². The van der Waals surface area contributed by atoms with Gasteiger partial charge >= 0.3 is 5.97 Å². The Kier molecular flexibility index (Phi) is 8.38. The van der Waals surface area contributed by atoms with Gasteiger partial charge in [0.15, 0.2) is 5.16 Å². The van der Waals surface area contributed by atoms with Crippen molar-refractivity contribution >= 4 is 29.3 Å². The Balaban J connectivity index is 1.77. The minimum Gasteiger partial charge on any atom is -0.466 e. The van der Waals surface area contributed by atoms with Gasteiger partial charge in [0.05, 0.1) is 18.9 Å². The number of hydrogen-bond acceptors (Lipinski definition) is 6. The zero-order valence-electron chi connectivity index (χ0n) is 18.0. The van der Waals surface area contributed by atoms with Crippen LogP contribution in [0.2, 0.25) is 0 Å². The average Bonchev–Trinajstić information content (AvgIpc) is 3.16. The highest BCUT2D eigenvalue weighted by atomic mass is 32.2. The van der Waals surface area contributed by atoms with Crippen LogP contribution in [0.1, 0.15) is 25.2 Å². The number of benzene rings is 2. The van der Waals surface area contributed by atoms with Crippen LogP contribution in [0.5, 0.6) is 0 Å². The number of halogens is 1. The molecule has 0 radical (unpaired) electrons. The Bertz CT molecular complexity index is 1040. The molecule has 3 rings (SSSR count). The molecule has 0 aliphatic rings. The van der Waals surface area contributed by atoms with Crippen molar-refractivity contribution in [2.75, 3.05) is 23.8 Å². The molecule has 1 heterocycles. The minimum atomic E-state index is -0.379. The van der Waals surface area contributed by atoms with Gasteiger partial charge in [0.25, 0.3) is 0 Å². The van der Waals surface area contributed by atoms with Crippen LogP contribution in [0.3, 0.4) is 0 Å². The zero-order valence-corrected chi connectivity index (χ0v) is 18.8. The molecule has 7 nitrogen and oxygen atoms in total. The van der Waals surface area contributed by atoms with E-state index in [2.05, 4.69) is 10.2 Å². The van der Waals surface area contributed by atoms with Gasteiger partial charge in [-0.1, -0.05) is 42.1 Å². The predicted octanol–water partition coefficient (Wildman–Crippen LogP) is 3.72. The molecule has 0 bridgehead atoms. The van der Waals surface area contributed by atoms with Gasteiger partial charge in [-0.15, -0.1) is 10.2 Å². The van der Waals surface area contributed by atoms with E-state index in [0.717, 1.165) is 5.56 Å². The number of hydrogen-bond donors (Lipinski definition) is 0. The van der Waals surface area contributed by atoms with Gasteiger partial charge in [-0.05, 0) is 43.7 Å². The monoisotopic (exact) mass is 456 g/mol. The molecule has 1 amide bonds. The Hall–Kier alpha value is -3.20. The maximum atomic E-state index is 13.2. The van der Waals surface area contributed by atoms with Crippen LogP contribution >= 0.6 is 11.8 Å². The predicted molar refractivity (Wildman–Crippen MR) is 121 cm³/mol. The zero-order chi connectivity index (χ0) is 22.9. The lowest BCUT2D eigenvalue weighted by Gasteiger charge is -2.21. The number of amides is 1. The summed E-state index contributed by atoms with van der Waals surface area (Å²) in [4.78, 5) is 26.4. The molecule has 0 atom stereocenters. The smallest absolute Gasteiger partial charge is 0.313 e. The number of carbonyl (C=O) groups excluding carboxylic acids is 2. The van der Waals surface area contributed by atoms with E-state index in [1.165, 1.54) is 23.9 Å². The van der Waals surface area contributed by atoms with E-state index in [1.54, 1.807) is 24.0 Å². The van der Waals surface area contributed by atoms with Gasteiger partial charge < -0.3 is 14.2 Å². The summed E-state index contributed by atoms with van der Waals surface area (Å²) in [7, 11) is 0. The van der Waals surface area contributed by atoms with E-state index < -0.39 is 0 Å². The van der Waals surface area contributed by atoms with Crippen molar-refractivity contribution in [2.45, 2.75) is 32.0 Å². The van der Waals surface area contributed by atoms with E-state index in [1.807, 2.05) is 41.8 Å². The second-order valence-electron chi connectivity index (χ2n) is 6.86. The molecular formula is C23H25FN4O3S. The molecule has 0 N–H and O–H groups in total. The third-order valence-electron chi connectivity index (χ3n) is 4.67. The minimum absolute atomic E-state index is 0.00115. The molecule has 9 heteroatoms. The molecule has 0 saturated heterocycles. The van der Waals surface area contributed by atoms with Crippen molar-refractivity contribution in [1.82, 2.24) is 14.8 Å². The van der Waals surface area contributed by atoms with Gasteiger partial charge in [-0.25, -0.2) is 4.39 Å². The molecule has 3 aromatic rings. The van der Waals surface area contributed by atoms with Crippen LogP contribution < -0.4 is 4.90 Å². The number of thioether (sulfide) groups is 1. The highest BCUT2D eigenvalue weighted by Crippen LogP contribution is 2.22. The highest BCUT2D eigenvalue weighted by Gasteiger charge is 2.20. The summed E-state index contributed by atoms with van der Waals surface area (Å²) in [5.74, 6) is -0.263. The summed E-state index contributed by atoms with van der Waals surface area (Å²) in [5, 5.41) is 8.92. The van der Waals surface area contributed by atoms with Crippen molar-refractivity contribution in [2.24, 2.45) is 0 Å². The van der Waals surface area contributed by atoms with Crippen LogP contribution in [0.15, 0.2) is 59.8 Å². The fourth-order valence-corrected chi connectivity index (χ4v) is 3.98. The van der Waals surface area contributed by atoms with Crippen LogP contribution in [0.4, 0.5) is 10.1 Å². The lowest BCUT2D eigenvalue weighted by molar-refractivity contribution is -0.142. The fourth-order valence-electron chi connectivity index (χ4n) is 3.15. The molecule has 0 fully saturated rings. The molecule has 2 aromatic carbocycles. The third-order valence-corrected chi connectivity index (χ3v) is 5.62. The average molecular weight is 457 g/mol. The Morgan fingerprint density at radius 1 is 1.06 bits per heavy atom. The number of anilines is 1. The normalized spacial score (nSPS) is 10.7. The largest absolute Gasteiger partial charge is 0.466 e. The number of nitrogens with zero attached hydrogens (tertiary/aromatic N) is 4. The second kappa shape index (κ2) is 11.4. The second-order valence-corrected chi connectivity index (χ2v) is 7.80. The first-order valence-electron chi connectivity index (χ1n) is 10.3. The maximum Gasteiger partial charge on any atom is 0.313 e. The number of carbonyl (C=O) groups is 2. The first kappa shape index (κ1) is 23.5. The van der Waals surface area contributed by atoms with E-state index in [9.17, 15) is 14.0 Å². The summed E-state index contributed by atoms with van der Waals surface area (Å²) in [6.45, 7) is 4.82. The molecule has 1 aromatic heterocycles. The van der Waals surface area contributed by atoms with Crippen molar-refractivity contribution < 1.29 is 18.7 Å². The molecule has 0 aliphatic heterocycles.